The molecular weight excluding hydrogens is 232 g/mol. The molecule has 0 saturated heterocycles. The molecule has 0 radical (unpaired) electrons. The van der Waals surface area contributed by atoms with Crippen molar-refractivity contribution in [2.45, 2.75) is 46.5 Å². The fourth-order valence-corrected chi connectivity index (χ4v) is 1.71. The van der Waals surface area contributed by atoms with Crippen LogP contribution in [0.2, 0.25) is 0 Å². The molecule has 0 heterocycles. The van der Waals surface area contributed by atoms with Crippen LogP contribution in [-0.4, -0.2) is 26.2 Å². The number of carbonyl (C=O) groups is 2. The SMILES string of the molecule is CCCCC(C(=O)OC)=C(CC(C)C)C(=O)OC. The maximum absolute atomic E-state index is 11.8. The lowest BCUT2D eigenvalue weighted by Crippen LogP contribution is -2.16. The summed E-state index contributed by atoms with van der Waals surface area (Å²) in [7, 11) is 2.66. The molecule has 0 N–H and O–H groups in total. The summed E-state index contributed by atoms with van der Waals surface area (Å²) in [4.78, 5) is 23.6. The van der Waals surface area contributed by atoms with Crippen LogP contribution in [0, 0.1) is 5.92 Å². The second-order valence-electron chi connectivity index (χ2n) is 4.64. The normalized spacial score (nSPS) is 12.1. The van der Waals surface area contributed by atoms with E-state index in [0.29, 0.717) is 24.0 Å². The summed E-state index contributed by atoms with van der Waals surface area (Å²) >= 11 is 0. The standard InChI is InChI=1S/C14H24O4/c1-6-7-8-11(13(15)17-4)12(9-10(2)3)14(16)18-5/h10H,6-9H2,1-5H3. The first-order chi connectivity index (χ1) is 8.47. The second kappa shape index (κ2) is 8.72. The number of ether oxygens (including phenoxy) is 2. The van der Waals surface area contributed by atoms with E-state index in [4.69, 9.17) is 9.47 Å². The first kappa shape index (κ1) is 16.7. The van der Waals surface area contributed by atoms with Gasteiger partial charge in [-0.1, -0.05) is 27.2 Å². The Morgan fingerprint density at radius 2 is 1.50 bits per heavy atom. The van der Waals surface area contributed by atoms with E-state index in [1.54, 1.807) is 0 Å². The van der Waals surface area contributed by atoms with E-state index in [2.05, 4.69) is 0 Å². The molecule has 18 heavy (non-hydrogen) atoms. The van der Waals surface area contributed by atoms with Gasteiger partial charge in [0, 0.05) is 11.1 Å². The Kier molecular flexibility index (Phi) is 8.08. The fourth-order valence-electron chi connectivity index (χ4n) is 1.71. The van der Waals surface area contributed by atoms with Gasteiger partial charge in [0.1, 0.15) is 0 Å². The summed E-state index contributed by atoms with van der Waals surface area (Å²) < 4.78 is 9.53. The number of esters is 2. The largest absolute Gasteiger partial charge is 0.466 e. The molecule has 0 bridgehead atoms. The van der Waals surface area contributed by atoms with Crippen LogP contribution in [0.3, 0.4) is 0 Å². The average Bonchev–Trinajstić information content (AvgIpc) is 2.35. The van der Waals surface area contributed by atoms with Crippen LogP contribution in [0.25, 0.3) is 0 Å². The molecule has 4 nitrogen and oxygen atoms in total. The average molecular weight is 256 g/mol. The number of hydrogen-bond donors (Lipinski definition) is 0. The van der Waals surface area contributed by atoms with Gasteiger partial charge in [0.05, 0.1) is 14.2 Å². The van der Waals surface area contributed by atoms with Crippen LogP contribution < -0.4 is 0 Å². The summed E-state index contributed by atoms with van der Waals surface area (Å²) in [6, 6.07) is 0. The van der Waals surface area contributed by atoms with Crippen molar-refractivity contribution < 1.29 is 19.1 Å². The van der Waals surface area contributed by atoms with Crippen LogP contribution >= 0.6 is 0 Å². The minimum Gasteiger partial charge on any atom is -0.466 e. The van der Waals surface area contributed by atoms with Gasteiger partial charge in [0.25, 0.3) is 0 Å². The summed E-state index contributed by atoms with van der Waals surface area (Å²) in [5, 5.41) is 0. The third-order valence-electron chi connectivity index (χ3n) is 2.62. The van der Waals surface area contributed by atoms with Gasteiger partial charge in [-0.05, 0) is 25.2 Å². The van der Waals surface area contributed by atoms with Crippen molar-refractivity contribution in [2.24, 2.45) is 5.92 Å². The van der Waals surface area contributed by atoms with E-state index in [-0.39, 0.29) is 5.92 Å². The molecule has 0 aliphatic carbocycles. The molecule has 4 heteroatoms. The van der Waals surface area contributed by atoms with Gasteiger partial charge in [-0.2, -0.15) is 0 Å². The molecule has 0 aromatic carbocycles. The fraction of sp³-hybridized carbons (Fsp3) is 0.714. The van der Waals surface area contributed by atoms with Crippen molar-refractivity contribution in [3.63, 3.8) is 0 Å². The molecule has 0 atom stereocenters. The third kappa shape index (κ3) is 5.34. The Morgan fingerprint density at radius 3 is 1.89 bits per heavy atom. The van der Waals surface area contributed by atoms with Crippen LogP contribution in [0.5, 0.6) is 0 Å². The zero-order valence-corrected chi connectivity index (χ0v) is 12.0. The molecular formula is C14H24O4. The van der Waals surface area contributed by atoms with Crippen molar-refractivity contribution in [1.29, 1.82) is 0 Å². The first-order valence-corrected chi connectivity index (χ1v) is 6.36. The lowest BCUT2D eigenvalue weighted by atomic mass is 9.95. The third-order valence-corrected chi connectivity index (χ3v) is 2.62. The quantitative estimate of drug-likeness (QED) is 0.519. The Labute approximate surface area is 109 Å². The summed E-state index contributed by atoms with van der Waals surface area (Å²) in [5.41, 5.74) is 0.910. The molecule has 0 spiro atoms. The molecule has 0 aliphatic rings. The predicted octanol–water partition coefficient (Wildman–Crippen LogP) is 2.87. The summed E-state index contributed by atoms with van der Waals surface area (Å²) in [5.74, 6) is -0.579. The Hall–Kier alpha value is -1.32. The van der Waals surface area contributed by atoms with Crippen molar-refractivity contribution in [1.82, 2.24) is 0 Å². The maximum Gasteiger partial charge on any atom is 0.334 e. The molecule has 0 aromatic heterocycles. The van der Waals surface area contributed by atoms with Crippen LogP contribution in [-0.2, 0) is 19.1 Å². The molecule has 0 fully saturated rings. The molecule has 0 aliphatic heterocycles. The highest BCUT2D eigenvalue weighted by Crippen LogP contribution is 2.22. The van der Waals surface area contributed by atoms with Crippen molar-refractivity contribution in [3.8, 4) is 0 Å². The van der Waals surface area contributed by atoms with Gasteiger partial charge < -0.3 is 9.47 Å². The molecule has 0 saturated carbocycles. The molecule has 0 unspecified atom stereocenters. The van der Waals surface area contributed by atoms with Gasteiger partial charge in [-0.3, -0.25) is 0 Å². The van der Waals surface area contributed by atoms with E-state index in [9.17, 15) is 9.59 Å². The Morgan fingerprint density at radius 1 is 1.00 bits per heavy atom. The minimum absolute atomic E-state index is 0.278. The van der Waals surface area contributed by atoms with Crippen LogP contribution in [0.15, 0.2) is 11.1 Å². The van der Waals surface area contributed by atoms with E-state index in [0.717, 1.165) is 12.8 Å². The van der Waals surface area contributed by atoms with Crippen LogP contribution in [0.1, 0.15) is 46.5 Å². The van der Waals surface area contributed by atoms with Gasteiger partial charge in [-0.25, -0.2) is 9.59 Å². The lowest BCUT2D eigenvalue weighted by molar-refractivity contribution is -0.139. The van der Waals surface area contributed by atoms with E-state index < -0.39 is 11.9 Å². The first-order valence-electron chi connectivity index (χ1n) is 6.36. The van der Waals surface area contributed by atoms with E-state index in [1.807, 2.05) is 20.8 Å². The van der Waals surface area contributed by atoms with E-state index >= 15 is 0 Å². The number of methoxy groups -OCH3 is 2. The zero-order chi connectivity index (χ0) is 14.1. The molecule has 104 valence electrons. The Balaban J connectivity index is 5.36. The van der Waals surface area contributed by atoms with E-state index in [1.165, 1.54) is 14.2 Å². The monoisotopic (exact) mass is 256 g/mol. The Bertz CT molecular complexity index is 316. The van der Waals surface area contributed by atoms with Gasteiger partial charge in [0.2, 0.25) is 0 Å². The number of carbonyl (C=O) groups excluding carboxylic acids is 2. The topological polar surface area (TPSA) is 52.6 Å². The predicted molar refractivity (Wildman–Crippen MR) is 70.0 cm³/mol. The highest BCUT2D eigenvalue weighted by molar-refractivity contribution is 6.00. The molecule has 0 aromatic rings. The molecule has 0 amide bonds. The van der Waals surface area contributed by atoms with Crippen molar-refractivity contribution in [2.75, 3.05) is 14.2 Å². The van der Waals surface area contributed by atoms with Gasteiger partial charge in [-0.15, -0.1) is 0 Å². The summed E-state index contributed by atoms with van der Waals surface area (Å²) in [6.07, 6.45) is 2.89. The molecule has 0 rings (SSSR count). The number of unbranched alkanes of at least 4 members (excludes halogenated alkanes) is 1. The highest BCUT2D eigenvalue weighted by Gasteiger charge is 2.22. The maximum atomic E-state index is 11.8. The van der Waals surface area contributed by atoms with Gasteiger partial charge >= 0.3 is 11.9 Å². The minimum atomic E-state index is -0.430. The zero-order valence-electron chi connectivity index (χ0n) is 12.0. The lowest BCUT2D eigenvalue weighted by Gasteiger charge is -2.14. The smallest absolute Gasteiger partial charge is 0.334 e. The number of rotatable bonds is 7. The van der Waals surface area contributed by atoms with Crippen molar-refractivity contribution >= 4 is 11.9 Å². The summed E-state index contributed by atoms with van der Waals surface area (Å²) in [6.45, 7) is 6.03. The number of hydrogen-bond acceptors (Lipinski definition) is 4. The van der Waals surface area contributed by atoms with Crippen LogP contribution in [0.4, 0.5) is 0 Å². The van der Waals surface area contributed by atoms with Crippen molar-refractivity contribution in [3.05, 3.63) is 11.1 Å². The second-order valence-corrected chi connectivity index (χ2v) is 4.64. The van der Waals surface area contributed by atoms with Gasteiger partial charge in [0.15, 0.2) is 0 Å². The highest BCUT2D eigenvalue weighted by atomic mass is 16.5.